The maximum atomic E-state index is 6.53. The highest BCUT2D eigenvalue weighted by Crippen LogP contribution is 2.39. The maximum Gasteiger partial charge on any atom is 0.262 e. The van der Waals surface area contributed by atoms with Crippen molar-refractivity contribution in [2.24, 2.45) is 14.1 Å². The van der Waals surface area contributed by atoms with Crippen molar-refractivity contribution >= 4 is 46.2 Å². The fourth-order valence-corrected chi connectivity index (χ4v) is 9.14. The number of hydrogen-bond acceptors (Lipinski definition) is 9. The van der Waals surface area contributed by atoms with Crippen LogP contribution in [0.4, 0.5) is 0 Å². The quantitative estimate of drug-likeness (QED) is 0.210. The van der Waals surface area contributed by atoms with E-state index in [0.29, 0.717) is 11.8 Å². The molecule has 0 spiro atoms. The minimum Gasteiger partial charge on any atom is -0.464 e. The first-order valence-electron chi connectivity index (χ1n) is 19.3. The Morgan fingerprint density at radius 1 is 0.458 bits per heavy atom. The summed E-state index contributed by atoms with van der Waals surface area (Å²) in [5.41, 5.74) is 10.6. The molecule has 0 saturated carbocycles. The van der Waals surface area contributed by atoms with Crippen molar-refractivity contribution in [3.05, 3.63) is 134 Å². The van der Waals surface area contributed by atoms with E-state index in [-0.39, 0.29) is 13.4 Å². The van der Waals surface area contributed by atoms with E-state index in [1.54, 1.807) is 12.4 Å². The lowest BCUT2D eigenvalue weighted by molar-refractivity contribution is 0.453. The van der Waals surface area contributed by atoms with Gasteiger partial charge in [-0.05, 0) is 88.1 Å². The highest BCUT2D eigenvalue weighted by atomic mass is 16.5. The maximum absolute atomic E-state index is 6.53. The number of benzene rings is 4. The molecule has 0 unspecified atom stereocenters. The van der Waals surface area contributed by atoms with Gasteiger partial charge in [-0.2, -0.15) is 0 Å². The number of aromatic nitrogens is 6. The monoisotopic (exact) mass is 766 g/mol. The molecule has 0 radical (unpaired) electrons. The molecule has 0 saturated heterocycles. The zero-order valence-electron chi connectivity index (χ0n) is 31.6. The number of aryl methyl sites for hydroxylation is 2. The zero-order chi connectivity index (χ0) is 38.9. The van der Waals surface area contributed by atoms with Crippen LogP contribution >= 0.6 is 0 Å². The molecule has 4 aliphatic heterocycles. The molecule has 0 bridgehead atoms. The molecule has 278 valence electrons. The summed E-state index contributed by atoms with van der Waals surface area (Å²) in [7, 11) is 3.96. The summed E-state index contributed by atoms with van der Waals surface area (Å²) in [4.78, 5) is 18.8. The van der Waals surface area contributed by atoms with Gasteiger partial charge in [-0.1, -0.05) is 30.3 Å². The molecule has 13 rings (SSSR count). The molecule has 11 nitrogen and oxygen atoms in total. The lowest BCUT2D eigenvalue weighted by Crippen LogP contribution is -2.57. The Hall–Kier alpha value is -7.79. The van der Waals surface area contributed by atoms with Crippen molar-refractivity contribution in [3.63, 3.8) is 0 Å². The van der Waals surface area contributed by atoms with E-state index < -0.39 is 0 Å². The van der Waals surface area contributed by atoms with E-state index in [0.717, 1.165) is 113 Å². The molecular weight excluding hydrogens is 738 g/mol. The van der Waals surface area contributed by atoms with Crippen molar-refractivity contribution < 1.29 is 23.4 Å². The smallest absolute Gasteiger partial charge is 0.262 e. The van der Waals surface area contributed by atoms with E-state index >= 15 is 0 Å². The molecule has 5 aromatic heterocycles. The fourth-order valence-electron chi connectivity index (χ4n) is 9.14. The van der Waals surface area contributed by atoms with Crippen LogP contribution in [0.15, 0.2) is 139 Å². The van der Waals surface area contributed by atoms with E-state index in [9.17, 15) is 0 Å². The van der Waals surface area contributed by atoms with Crippen LogP contribution in [-0.2, 0) is 14.1 Å². The molecular formula is C46H28B2N6O5. The van der Waals surface area contributed by atoms with Crippen LogP contribution in [0.3, 0.4) is 0 Å². The van der Waals surface area contributed by atoms with Crippen LogP contribution in [0.2, 0.25) is 0 Å². The summed E-state index contributed by atoms with van der Waals surface area (Å²) >= 11 is 0. The van der Waals surface area contributed by atoms with Crippen LogP contribution in [0, 0.1) is 0 Å². The summed E-state index contributed by atoms with van der Waals surface area (Å²) in [6.45, 7) is -0.352. The number of imidazole rings is 2. The molecule has 4 aliphatic rings. The number of furan rings is 1. The average Bonchev–Trinajstić information content (AvgIpc) is 4.05. The van der Waals surface area contributed by atoms with Gasteiger partial charge in [0, 0.05) is 84.5 Å². The molecule has 0 aliphatic carbocycles. The highest BCUT2D eigenvalue weighted by molar-refractivity contribution is 6.99. The molecule has 59 heavy (non-hydrogen) atoms. The minimum absolute atomic E-state index is 0.170. The largest absolute Gasteiger partial charge is 0.464 e. The molecule has 0 fully saturated rings. The predicted octanol–water partition coefficient (Wildman–Crippen LogP) is 5.66. The summed E-state index contributed by atoms with van der Waals surface area (Å²) in [5, 5.41) is 0. The zero-order valence-corrected chi connectivity index (χ0v) is 31.6. The molecule has 9 aromatic rings. The molecule has 4 aromatic carbocycles. The van der Waals surface area contributed by atoms with Crippen molar-refractivity contribution in [2.75, 3.05) is 0 Å². The number of hydrogen-bond donors (Lipinski definition) is 0. The van der Waals surface area contributed by atoms with E-state index in [1.807, 2.05) is 109 Å². The summed E-state index contributed by atoms with van der Waals surface area (Å²) < 4.78 is 36.2. The molecule has 0 atom stereocenters. The second-order valence-corrected chi connectivity index (χ2v) is 15.3. The van der Waals surface area contributed by atoms with Gasteiger partial charge in [-0.3, -0.25) is 0 Å². The number of nitrogens with zero attached hydrogens (tertiary/aromatic N) is 6. The van der Waals surface area contributed by atoms with Crippen molar-refractivity contribution in [1.82, 2.24) is 29.1 Å². The number of ether oxygens (including phenoxy) is 4. The average molecular weight is 766 g/mol. The third kappa shape index (κ3) is 4.72. The second kappa shape index (κ2) is 11.9. The Kier molecular flexibility index (Phi) is 6.50. The standard InChI is InChI=1S/C46H28B2N6O5/c1-53-15-13-49-43(53)27-19-32-45(51-22-27)58-38-7-3-5-36-41(38)47(32)30-17-25(9-11-34(30)56-36)29-21-40(55-24-29)26-10-12-35-31(18-26)48-33-20-28(44-50-14-16-54(44)2)23-52-46(33)59-39-8-4-6-37(57-35)42(39)48/h3-24H,1-2H3. The lowest BCUT2D eigenvalue weighted by atomic mass is 9.35. The van der Waals surface area contributed by atoms with Crippen LogP contribution in [0.25, 0.3) is 45.2 Å². The first-order valence-corrected chi connectivity index (χ1v) is 19.3. The minimum atomic E-state index is -0.182. The Morgan fingerprint density at radius 2 is 0.949 bits per heavy atom. The van der Waals surface area contributed by atoms with E-state index in [4.69, 9.17) is 33.3 Å². The third-order valence-corrected chi connectivity index (χ3v) is 11.9. The predicted molar refractivity (Wildman–Crippen MR) is 225 cm³/mol. The van der Waals surface area contributed by atoms with Gasteiger partial charge in [0.05, 0.1) is 6.26 Å². The lowest BCUT2D eigenvalue weighted by Gasteiger charge is -2.32. The van der Waals surface area contributed by atoms with E-state index in [2.05, 4.69) is 46.4 Å². The normalized spacial score (nSPS) is 13.4. The molecule has 0 amide bonds. The molecule has 9 heterocycles. The number of pyridine rings is 2. The Morgan fingerprint density at radius 3 is 1.47 bits per heavy atom. The fraction of sp³-hybridized carbons (Fsp3) is 0.0435. The van der Waals surface area contributed by atoms with Crippen LogP contribution in [-0.4, -0.2) is 42.5 Å². The van der Waals surface area contributed by atoms with Gasteiger partial charge < -0.3 is 32.5 Å². The van der Waals surface area contributed by atoms with Crippen LogP contribution in [0.5, 0.6) is 46.3 Å². The van der Waals surface area contributed by atoms with Crippen molar-refractivity contribution in [2.45, 2.75) is 0 Å². The number of rotatable bonds is 4. The van der Waals surface area contributed by atoms with Crippen molar-refractivity contribution in [3.8, 4) is 91.5 Å². The van der Waals surface area contributed by atoms with E-state index in [1.165, 1.54) is 0 Å². The topological polar surface area (TPSA) is 111 Å². The first kappa shape index (κ1) is 32.3. The SMILES string of the molecule is Cn1ccnc1-c1cnc2c(c1)B1c3cc(-c4coc(-c5ccc6c(c5)B5c7cc(-c8nccn8C)cnc7Oc7cccc(c75)O6)c4)ccc3Oc3cccc(c31)O2. The van der Waals surface area contributed by atoms with Gasteiger partial charge in [0.25, 0.3) is 13.4 Å². The Labute approximate surface area is 337 Å². The second-order valence-electron chi connectivity index (χ2n) is 15.3. The van der Waals surface area contributed by atoms with Gasteiger partial charge in [0.2, 0.25) is 11.8 Å². The van der Waals surface area contributed by atoms with Crippen LogP contribution < -0.4 is 51.7 Å². The van der Waals surface area contributed by atoms with Gasteiger partial charge >= 0.3 is 0 Å². The summed E-state index contributed by atoms with van der Waals surface area (Å²) in [5.74, 6) is 8.10. The summed E-state index contributed by atoms with van der Waals surface area (Å²) in [6, 6.07) is 30.7. The highest BCUT2D eigenvalue weighted by Gasteiger charge is 2.43. The Bertz CT molecular complexity index is 3020. The first-order chi connectivity index (χ1) is 29.0. The van der Waals surface area contributed by atoms with Crippen molar-refractivity contribution in [1.29, 1.82) is 0 Å². The van der Waals surface area contributed by atoms with Gasteiger partial charge in [0.1, 0.15) is 51.9 Å². The molecule has 13 heteroatoms. The van der Waals surface area contributed by atoms with Crippen LogP contribution in [0.1, 0.15) is 0 Å². The third-order valence-electron chi connectivity index (χ3n) is 11.9. The summed E-state index contributed by atoms with van der Waals surface area (Å²) in [6.07, 6.45) is 12.9. The Balaban J connectivity index is 0.897. The van der Waals surface area contributed by atoms with Gasteiger partial charge in [-0.15, -0.1) is 0 Å². The number of fused-ring (bicyclic) bond motifs is 8. The van der Waals surface area contributed by atoms with Gasteiger partial charge in [0.15, 0.2) is 0 Å². The molecule has 0 N–H and O–H groups in total. The van der Waals surface area contributed by atoms with Gasteiger partial charge in [-0.25, -0.2) is 19.9 Å².